The van der Waals surface area contributed by atoms with Crippen LogP contribution in [0.3, 0.4) is 0 Å². The van der Waals surface area contributed by atoms with Gasteiger partial charge in [0.2, 0.25) is 5.91 Å². The number of anilines is 1. The number of ketones is 1. The molecule has 0 bridgehead atoms. The van der Waals surface area contributed by atoms with Crippen molar-refractivity contribution in [1.82, 2.24) is 10.4 Å². The molecule has 1 atom stereocenters. The number of hydrazine groups is 1. The van der Waals surface area contributed by atoms with E-state index in [9.17, 15) is 24.0 Å². The second kappa shape index (κ2) is 11.1. The molecule has 2 aromatic rings. The van der Waals surface area contributed by atoms with E-state index in [0.29, 0.717) is 22.7 Å². The van der Waals surface area contributed by atoms with Crippen molar-refractivity contribution < 1.29 is 38.2 Å². The van der Waals surface area contributed by atoms with Crippen LogP contribution in [0.1, 0.15) is 34.1 Å². The van der Waals surface area contributed by atoms with Crippen LogP contribution in [0.15, 0.2) is 42.5 Å². The number of rotatable bonds is 9. The fraction of sp³-hybridized carbons (Fsp3) is 0.292. The fourth-order valence-electron chi connectivity index (χ4n) is 3.34. The SMILES string of the molecule is COc1cc(OC)cc(C(=O)NN2C[C@H](C(=O)OCC(=O)Nc3ccc(C(C)=O)cc3)CC2=O)c1. The first-order valence-electron chi connectivity index (χ1n) is 10.6. The number of carbonyl (C=O) groups excluding carboxylic acids is 5. The van der Waals surface area contributed by atoms with Crippen LogP contribution < -0.4 is 20.2 Å². The lowest BCUT2D eigenvalue weighted by atomic mass is 10.1. The maximum Gasteiger partial charge on any atom is 0.311 e. The Hall–Kier alpha value is -4.41. The predicted molar refractivity (Wildman–Crippen MR) is 123 cm³/mol. The third kappa shape index (κ3) is 6.56. The molecule has 11 nitrogen and oxygen atoms in total. The lowest BCUT2D eigenvalue weighted by Gasteiger charge is -2.18. The van der Waals surface area contributed by atoms with Gasteiger partial charge >= 0.3 is 5.97 Å². The summed E-state index contributed by atoms with van der Waals surface area (Å²) in [6.07, 6.45) is -0.172. The van der Waals surface area contributed by atoms with Gasteiger partial charge in [0.1, 0.15) is 11.5 Å². The van der Waals surface area contributed by atoms with Gasteiger partial charge in [-0.2, -0.15) is 0 Å². The van der Waals surface area contributed by atoms with Gasteiger partial charge in [-0.25, -0.2) is 0 Å². The number of hydrogen-bond donors (Lipinski definition) is 2. The number of benzene rings is 2. The van der Waals surface area contributed by atoms with Gasteiger partial charge in [0, 0.05) is 29.3 Å². The number of amides is 3. The maximum absolute atomic E-state index is 12.6. The Kier molecular flexibility index (Phi) is 8.03. The fourth-order valence-corrected chi connectivity index (χ4v) is 3.34. The first-order valence-corrected chi connectivity index (χ1v) is 10.6. The molecule has 0 unspecified atom stereocenters. The number of Topliss-reactive ketones (excluding diaryl/α,β-unsaturated/α-hetero) is 1. The Bertz CT molecular complexity index is 1120. The van der Waals surface area contributed by atoms with Gasteiger partial charge in [0.05, 0.1) is 26.7 Å². The van der Waals surface area contributed by atoms with Gasteiger partial charge in [0.15, 0.2) is 12.4 Å². The van der Waals surface area contributed by atoms with Crippen LogP contribution >= 0.6 is 0 Å². The number of methoxy groups -OCH3 is 2. The van der Waals surface area contributed by atoms with E-state index in [1.54, 1.807) is 30.3 Å². The number of hydrogen-bond acceptors (Lipinski definition) is 8. The topological polar surface area (TPSA) is 140 Å². The van der Waals surface area contributed by atoms with Gasteiger partial charge < -0.3 is 19.5 Å². The van der Waals surface area contributed by atoms with Gasteiger partial charge in [-0.1, -0.05) is 0 Å². The van der Waals surface area contributed by atoms with Crippen LogP contribution in [0.25, 0.3) is 0 Å². The monoisotopic (exact) mass is 483 g/mol. The number of nitrogens with zero attached hydrogens (tertiary/aromatic N) is 1. The van der Waals surface area contributed by atoms with Crippen molar-refractivity contribution >= 4 is 35.2 Å². The van der Waals surface area contributed by atoms with Crippen LogP contribution in [0.5, 0.6) is 11.5 Å². The van der Waals surface area contributed by atoms with Crippen LogP contribution in [-0.4, -0.2) is 61.9 Å². The maximum atomic E-state index is 12.6. The van der Waals surface area contributed by atoms with E-state index in [2.05, 4.69) is 10.7 Å². The number of ether oxygens (including phenoxy) is 3. The molecule has 1 fully saturated rings. The standard InChI is InChI=1S/C24H25N3O8/c1-14(28)15-4-6-18(7-5-15)25-21(29)13-35-24(32)17-10-22(30)27(12-17)26-23(31)16-8-19(33-2)11-20(9-16)34-3/h4-9,11,17H,10,12-13H2,1-3H3,(H,25,29)(H,26,31)/t17-/m1/s1. The third-order valence-electron chi connectivity index (χ3n) is 5.23. The molecule has 2 N–H and O–H groups in total. The Morgan fingerprint density at radius 1 is 0.971 bits per heavy atom. The Morgan fingerprint density at radius 3 is 2.17 bits per heavy atom. The highest BCUT2D eigenvalue weighted by atomic mass is 16.5. The molecular formula is C24H25N3O8. The van der Waals surface area contributed by atoms with Crippen molar-refractivity contribution in [3.05, 3.63) is 53.6 Å². The predicted octanol–water partition coefficient (Wildman–Crippen LogP) is 1.58. The summed E-state index contributed by atoms with van der Waals surface area (Å²) in [7, 11) is 2.89. The molecule has 0 radical (unpaired) electrons. The quantitative estimate of drug-likeness (QED) is 0.405. The lowest BCUT2D eigenvalue weighted by molar-refractivity contribution is -0.151. The first kappa shape index (κ1) is 25.2. The van der Waals surface area contributed by atoms with E-state index in [0.717, 1.165) is 5.01 Å². The van der Waals surface area contributed by atoms with Gasteiger partial charge in [-0.3, -0.25) is 34.4 Å². The number of nitrogens with one attached hydrogen (secondary N) is 2. The minimum Gasteiger partial charge on any atom is -0.497 e. The van der Waals surface area contributed by atoms with Crippen LogP contribution in [-0.2, 0) is 19.1 Å². The molecule has 1 saturated heterocycles. The van der Waals surface area contributed by atoms with Gasteiger partial charge in [-0.05, 0) is 43.3 Å². The highest BCUT2D eigenvalue weighted by molar-refractivity contribution is 5.98. The van der Waals surface area contributed by atoms with E-state index in [-0.39, 0.29) is 24.3 Å². The molecule has 1 heterocycles. The van der Waals surface area contributed by atoms with Gasteiger partial charge in [-0.15, -0.1) is 0 Å². The average Bonchev–Trinajstić information content (AvgIpc) is 3.22. The van der Waals surface area contributed by atoms with E-state index >= 15 is 0 Å². The van der Waals surface area contributed by atoms with Crippen molar-refractivity contribution in [2.24, 2.45) is 5.92 Å². The zero-order valence-corrected chi connectivity index (χ0v) is 19.5. The smallest absolute Gasteiger partial charge is 0.311 e. The summed E-state index contributed by atoms with van der Waals surface area (Å²) >= 11 is 0. The second-order valence-electron chi connectivity index (χ2n) is 7.74. The molecule has 184 valence electrons. The number of carbonyl (C=O) groups is 5. The molecular weight excluding hydrogens is 458 g/mol. The van der Waals surface area contributed by atoms with Gasteiger partial charge in [0.25, 0.3) is 11.8 Å². The minimum atomic E-state index is -0.842. The molecule has 0 spiro atoms. The minimum absolute atomic E-state index is 0.0986. The largest absolute Gasteiger partial charge is 0.497 e. The van der Waals surface area contributed by atoms with Crippen molar-refractivity contribution in [1.29, 1.82) is 0 Å². The van der Waals surface area contributed by atoms with E-state index in [1.165, 1.54) is 33.3 Å². The van der Waals surface area contributed by atoms with Crippen LogP contribution in [0.2, 0.25) is 0 Å². The van der Waals surface area contributed by atoms with Crippen molar-refractivity contribution in [3.8, 4) is 11.5 Å². The molecule has 1 aliphatic rings. The first-order chi connectivity index (χ1) is 16.7. The Labute approximate surface area is 201 Å². The van der Waals surface area contributed by atoms with Crippen LogP contribution in [0, 0.1) is 5.92 Å². The van der Waals surface area contributed by atoms with E-state index in [4.69, 9.17) is 14.2 Å². The highest BCUT2D eigenvalue weighted by Crippen LogP contribution is 2.23. The highest BCUT2D eigenvalue weighted by Gasteiger charge is 2.36. The molecule has 1 aliphatic heterocycles. The summed E-state index contributed by atoms with van der Waals surface area (Å²) in [5.41, 5.74) is 3.61. The molecule has 11 heteroatoms. The number of esters is 1. The summed E-state index contributed by atoms with van der Waals surface area (Å²) < 4.78 is 15.3. The molecule has 0 saturated carbocycles. The normalized spacial score (nSPS) is 14.8. The van der Waals surface area contributed by atoms with E-state index in [1.807, 2.05) is 0 Å². The molecule has 2 aromatic carbocycles. The molecule has 0 aromatic heterocycles. The third-order valence-corrected chi connectivity index (χ3v) is 5.23. The zero-order chi connectivity index (χ0) is 25.5. The van der Waals surface area contributed by atoms with E-state index < -0.39 is 36.2 Å². The summed E-state index contributed by atoms with van der Waals surface area (Å²) in [6, 6.07) is 10.8. The van der Waals surface area contributed by atoms with Crippen molar-refractivity contribution in [2.45, 2.75) is 13.3 Å². The van der Waals surface area contributed by atoms with Crippen molar-refractivity contribution in [2.75, 3.05) is 32.7 Å². The lowest BCUT2D eigenvalue weighted by Crippen LogP contribution is -2.43. The molecule has 3 rings (SSSR count). The Morgan fingerprint density at radius 2 is 1.60 bits per heavy atom. The molecule has 0 aliphatic carbocycles. The summed E-state index contributed by atoms with van der Waals surface area (Å²) in [5, 5.41) is 3.59. The zero-order valence-electron chi connectivity index (χ0n) is 19.5. The van der Waals surface area contributed by atoms with Crippen molar-refractivity contribution in [3.63, 3.8) is 0 Å². The summed E-state index contributed by atoms with van der Waals surface area (Å²) in [5.74, 6) is -2.50. The molecule has 3 amide bonds. The summed E-state index contributed by atoms with van der Waals surface area (Å²) in [6.45, 7) is 0.788. The average molecular weight is 483 g/mol. The molecule has 35 heavy (non-hydrogen) atoms. The second-order valence-corrected chi connectivity index (χ2v) is 7.74. The summed E-state index contributed by atoms with van der Waals surface area (Å²) in [4.78, 5) is 60.7. The van der Waals surface area contributed by atoms with Crippen LogP contribution in [0.4, 0.5) is 5.69 Å². The Balaban J connectivity index is 1.50.